The van der Waals surface area contributed by atoms with Crippen molar-refractivity contribution in [2.45, 2.75) is 12.5 Å². The number of phenolic OH excluding ortho intramolecular Hbond substituents is 1. The third-order valence-electron chi connectivity index (χ3n) is 4.70. The molecule has 0 bridgehead atoms. The second-order valence-corrected chi connectivity index (χ2v) is 6.23. The molecule has 0 fully saturated rings. The third kappa shape index (κ3) is 3.25. The predicted octanol–water partition coefficient (Wildman–Crippen LogP) is 2.67. The maximum absolute atomic E-state index is 12.7. The summed E-state index contributed by atoms with van der Waals surface area (Å²) in [4.78, 5) is 12.7. The van der Waals surface area contributed by atoms with Crippen LogP contribution < -0.4 is 18.9 Å². The van der Waals surface area contributed by atoms with Gasteiger partial charge in [0, 0.05) is 12.0 Å². The molecular weight excluding hydrogens is 364 g/mol. The smallest absolute Gasteiger partial charge is 0.203 e. The van der Waals surface area contributed by atoms with Crippen LogP contribution in [0.15, 0.2) is 30.3 Å². The van der Waals surface area contributed by atoms with Crippen LogP contribution in [-0.4, -0.2) is 50.5 Å². The molecule has 3 rings (SSSR count). The number of ether oxygens (including phenoxy) is 4. The fourth-order valence-corrected chi connectivity index (χ4v) is 3.43. The van der Waals surface area contributed by atoms with Crippen molar-refractivity contribution < 1.29 is 34.0 Å². The lowest BCUT2D eigenvalue weighted by Crippen LogP contribution is -2.05. The van der Waals surface area contributed by atoms with Gasteiger partial charge >= 0.3 is 0 Å². The topological polar surface area (TPSA) is 94.5 Å². The highest BCUT2D eigenvalue weighted by Gasteiger charge is 2.34. The van der Waals surface area contributed by atoms with E-state index in [1.165, 1.54) is 34.5 Å². The summed E-state index contributed by atoms with van der Waals surface area (Å²) in [6.45, 7) is 0. The number of aromatic hydroxyl groups is 1. The van der Waals surface area contributed by atoms with Crippen LogP contribution in [0.3, 0.4) is 0 Å². The molecule has 2 aromatic rings. The van der Waals surface area contributed by atoms with Crippen LogP contribution in [0.5, 0.6) is 28.7 Å². The molecule has 1 atom stereocenters. The van der Waals surface area contributed by atoms with Crippen LogP contribution in [0.4, 0.5) is 0 Å². The average Bonchev–Trinajstić information content (AvgIpc) is 3.00. The number of aliphatic hydroxyl groups excluding tert-OH is 1. The summed E-state index contributed by atoms with van der Waals surface area (Å²) in [6.07, 6.45) is -1.04. The molecule has 148 valence electrons. The second kappa shape index (κ2) is 7.82. The number of rotatable bonds is 6. The summed E-state index contributed by atoms with van der Waals surface area (Å²) >= 11 is 0. The summed E-state index contributed by atoms with van der Waals surface area (Å²) in [5.41, 5.74) is 1.83. The first-order valence-corrected chi connectivity index (χ1v) is 8.58. The van der Waals surface area contributed by atoms with Crippen molar-refractivity contribution in [3.63, 3.8) is 0 Å². The first-order valence-electron chi connectivity index (χ1n) is 8.58. The molecule has 0 aliphatic heterocycles. The summed E-state index contributed by atoms with van der Waals surface area (Å²) in [6, 6.07) is 8.06. The molecule has 0 spiro atoms. The van der Waals surface area contributed by atoms with Crippen LogP contribution in [0, 0.1) is 0 Å². The normalized spacial score (nSPS) is 16.3. The van der Waals surface area contributed by atoms with E-state index in [4.69, 9.17) is 18.9 Å². The van der Waals surface area contributed by atoms with Gasteiger partial charge in [0.2, 0.25) is 5.75 Å². The predicted molar refractivity (Wildman–Crippen MR) is 103 cm³/mol. The van der Waals surface area contributed by atoms with Crippen molar-refractivity contribution in [3.8, 4) is 28.7 Å². The highest BCUT2D eigenvalue weighted by molar-refractivity contribution is 6.32. The zero-order valence-corrected chi connectivity index (χ0v) is 16.1. The van der Waals surface area contributed by atoms with Gasteiger partial charge in [-0.3, -0.25) is 4.79 Å². The van der Waals surface area contributed by atoms with E-state index in [1.54, 1.807) is 24.3 Å². The van der Waals surface area contributed by atoms with Gasteiger partial charge in [-0.15, -0.1) is 0 Å². The van der Waals surface area contributed by atoms with E-state index in [9.17, 15) is 15.0 Å². The van der Waals surface area contributed by atoms with Gasteiger partial charge in [-0.25, -0.2) is 0 Å². The number of allylic oxidation sites excluding steroid dienone is 1. The highest BCUT2D eigenvalue weighted by atomic mass is 16.5. The number of carbonyl (C=O) groups excluding carboxylic acids is 1. The zero-order valence-electron chi connectivity index (χ0n) is 16.1. The van der Waals surface area contributed by atoms with Gasteiger partial charge in [0.05, 0.1) is 34.5 Å². The second-order valence-electron chi connectivity index (χ2n) is 6.23. The number of Topliss-reactive ketones (excluding diaryl/α,β-unsaturated/α-hetero) is 1. The summed E-state index contributed by atoms with van der Waals surface area (Å²) < 4.78 is 21.1. The van der Waals surface area contributed by atoms with Gasteiger partial charge in [-0.1, -0.05) is 6.07 Å². The minimum absolute atomic E-state index is 0.0475. The zero-order chi connectivity index (χ0) is 20.4. The largest absolute Gasteiger partial charge is 0.504 e. The third-order valence-corrected chi connectivity index (χ3v) is 4.70. The molecule has 2 aromatic carbocycles. The SMILES string of the molecule is COc1ccc(C2=C(c3cc(OC)c(OC)c(OC)c3)C(=O)CC2O)cc1O. The Labute approximate surface area is 162 Å². The maximum Gasteiger partial charge on any atom is 0.203 e. The van der Waals surface area contributed by atoms with Crippen molar-refractivity contribution in [2.75, 3.05) is 28.4 Å². The Morgan fingerprint density at radius 3 is 1.96 bits per heavy atom. The van der Waals surface area contributed by atoms with E-state index >= 15 is 0 Å². The van der Waals surface area contributed by atoms with E-state index in [1.807, 2.05) is 0 Å². The Balaban J connectivity index is 2.24. The van der Waals surface area contributed by atoms with Crippen molar-refractivity contribution >= 4 is 16.9 Å². The van der Waals surface area contributed by atoms with E-state index in [0.717, 1.165) is 0 Å². The number of benzene rings is 2. The standard InChI is InChI=1S/C21H22O7/c1-25-16-6-5-11(7-13(16)22)19-14(23)10-15(24)20(19)12-8-17(26-2)21(28-4)18(9-12)27-3/h5-9,14,22-23H,10H2,1-4H3. The van der Waals surface area contributed by atoms with Crippen LogP contribution in [-0.2, 0) is 4.79 Å². The Bertz CT molecular complexity index is 921. The molecule has 0 heterocycles. The number of methoxy groups -OCH3 is 4. The van der Waals surface area contributed by atoms with Gasteiger partial charge in [-0.05, 0) is 41.0 Å². The molecule has 1 aliphatic carbocycles. The molecular formula is C21H22O7. The summed E-state index contributed by atoms with van der Waals surface area (Å²) in [5.74, 6) is 1.21. The van der Waals surface area contributed by atoms with Gasteiger partial charge in [0.1, 0.15) is 0 Å². The minimum atomic E-state index is -0.991. The Kier molecular flexibility index (Phi) is 5.46. The lowest BCUT2D eigenvalue weighted by Gasteiger charge is -2.16. The Hall–Kier alpha value is -3.19. The molecule has 0 saturated heterocycles. The van der Waals surface area contributed by atoms with Gasteiger partial charge in [-0.2, -0.15) is 0 Å². The summed E-state index contributed by atoms with van der Waals surface area (Å²) in [7, 11) is 5.92. The molecule has 0 amide bonds. The molecule has 1 aliphatic rings. The molecule has 0 aromatic heterocycles. The number of aliphatic hydroxyl groups is 1. The monoisotopic (exact) mass is 386 g/mol. The number of carbonyl (C=O) groups is 1. The quantitative estimate of drug-likeness (QED) is 0.788. The van der Waals surface area contributed by atoms with E-state index in [-0.39, 0.29) is 18.0 Å². The summed E-state index contributed by atoms with van der Waals surface area (Å²) in [5, 5.41) is 20.7. The number of ketones is 1. The molecule has 7 heteroatoms. The lowest BCUT2D eigenvalue weighted by atomic mass is 9.95. The van der Waals surface area contributed by atoms with Crippen molar-refractivity contribution in [2.24, 2.45) is 0 Å². The fraction of sp³-hybridized carbons (Fsp3) is 0.286. The van der Waals surface area contributed by atoms with Crippen molar-refractivity contribution in [1.29, 1.82) is 0 Å². The van der Waals surface area contributed by atoms with E-state index < -0.39 is 6.10 Å². The van der Waals surface area contributed by atoms with Crippen molar-refractivity contribution in [1.82, 2.24) is 0 Å². The van der Waals surface area contributed by atoms with Crippen molar-refractivity contribution in [3.05, 3.63) is 41.5 Å². The fourth-order valence-electron chi connectivity index (χ4n) is 3.43. The maximum atomic E-state index is 12.7. The number of phenols is 1. The molecule has 2 N–H and O–H groups in total. The van der Waals surface area contributed by atoms with Crippen LogP contribution in [0.25, 0.3) is 11.1 Å². The lowest BCUT2D eigenvalue weighted by molar-refractivity contribution is -0.114. The minimum Gasteiger partial charge on any atom is -0.504 e. The highest BCUT2D eigenvalue weighted by Crippen LogP contribution is 2.45. The van der Waals surface area contributed by atoms with Crippen LogP contribution >= 0.6 is 0 Å². The van der Waals surface area contributed by atoms with Gasteiger partial charge < -0.3 is 29.2 Å². The van der Waals surface area contributed by atoms with Crippen LogP contribution in [0.2, 0.25) is 0 Å². The first-order chi connectivity index (χ1) is 13.4. The Morgan fingerprint density at radius 1 is 0.857 bits per heavy atom. The number of hydrogen-bond acceptors (Lipinski definition) is 7. The Morgan fingerprint density at radius 2 is 1.46 bits per heavy atom. The molecule has 7 nitrogen and oxygen atoms in total. The van der Waals surface area contributed by atoms with Crippen LogP contribution in [0.1, 0.15) is 17.5 Å². The van der Waals surface area contributed by atoms with Gasteiger partial charge in [0.25, 0.3) is 0 Å². The van der Waals surface area contributed by atoms with E-state index in [2.05, 4.69) is 0 Å². The molecule has 0 saturated carbocycles. The van der Waals surface area contributed by atoms with E-state index in [0.29, 0.717) is 45.3 Å². The first kappa shape index (κ1) is 19.6. The molecule has 1 unspecified atom stereocenters. The molecule has 28 heavy (non-hydrogen) atoms. The average molecular weight is 386 g/mol. The molecule has 0 radical (unpaired) electrons. The number of hydrogen-bond donors (Lipinski definition) is 2. The van der Waals surface area contributed by atoms with Gasteiger partial charge in [0.15, 0.2) is 28.8 Å².